The standard InChI is InChI=1S/C15H17ClN2O3/c1-2-21-7-3-6-18-15(20)12(10-17)8-11-4-5-14(19)13(16)9-11/h4-5,8-9,19H,2-3,6-7H2,1H3,(H,18,20)/b12-8-. The Morgan fingerprint density at radius 1 is 1.57 bits per heavy atom. The fourth-order valence-electron chi connectivity index (χ4n) is 1.54. The van der Waals surface area contributed by atoms with Crippen molar-refractivity contribution in [2.75, 3.05) is 19.8 Å². The van der Waals surface area contributed by atoms with E-state index in [1.54, 1.807) is 6.07 Å². The van der Waals surface area contributed by atoms with Crippen LogP contribution in [0.15, 0.2) is 23.8 Å². The van der Waals surface area contributed by atoms with E-state index < -0.39 is 5.91 Å². The van der Waals surface area contributed by atoms with Crippen molar-refractivity contribution in [2.45, 2.75) is 13.3 Å². The van der Waals surface area contributed by atoms with Gasteiger partial charge in [-0.1, -0.05) is 17.7 Å². The Labute approximate surface area is 128 Å². The minimum absolute atomic E-state index is 0.0202. The highest BCUT2D eigenvalue weighted by atomic mass is 35.5. The van der Waals surface area contributed by atoms with Crippen molar-refractivity contribution in [3.8, 4) is 11.8 Å². The SMILES string of the molecule is CCOCCCNC(=O)/C(C#N)=C\c1ccc(O)c(Cl)c1. The van der Waals surface area contributed by atoms with Crippen LogP contribution < -0.4 is 5.32 Å². The summed E-state index contributed by atoms with van der Waals surface area (Å²) in [7, 11) is 0. The molecule has 0 aliphatic heterocycles. The normalized spacial score (nSPS) is 11.0. The van der Waals surface area contributed by atoms with Crippen LogP contribution in [0.25, 0.3) is 6.08 Å². The van der Waals surface area contributed by atoms with Crippen molar-refractivity contribution < 1.29 is 14.6 Å². The summed E-state index contributed by atoms with van der Waals surface area (Å²) in [6, 6.07) is 6.31. The quantitative estimate of drug-likeness (QED) is 0.460. The van der Waals surface area contributed by atoms with Crippen LogP contribution in [-0.2, 0) is 9.53 Å². The molecule has 21 heavy (non-hydrogen) atoms. The van der Waals surface area contributed by atoms with E-state index in [1.807, 2.05) is 13.0 Å². The Bertz CT molecular complexity index is 565. The molecule has 1 rings (SSSR count). The molecule has 1 amide bonds. The number of hydrogen-bond acceptors (Lipinski definition) is 4. The lowest BCUT2D eigenvalue weighted by molar-refractivity contribution is -0.117. The Morgan fingerprint density at radius 3 is 2.95 bits per heavy atom. The summed E-state index contributed by atoms with van der Waals surface area (Å²) in [5, 5.41) is 21.2. The van der Waals surface area contributed by atoms with Crippen LogP contribution in [0.3, 0.4) is 0 Å². The minimum Gasteiger partial charge on any atom is -0.506 e. The highest BCUT2D eigenvalue weighted by Crippen LogP contribution is 2.24. The predicted octanol–water partition coefficient (Wildman–Crippen LogP) is 2.50. The maximum atomic E-state index is 11.8. The van der Waals surface area contributed by atoms with Gasteiger partial charge in [-0.25, -0.2) is 0 Å². The fraction of sp³-hybridized carbons (Fsp3) is 0.333. The largest absolute Gasteiger partial charge is 0.506 e. The van der Waals surface area contributed by atoms with Gasteiger partial charge in [0.1, 0.15) is 17.4 Å². The van der Waals surface area contributed by atoms with Crippen LogP contribution in [0.5, 0.6) is 5.75 Å². The highest BCUT2D eigenvalue weighted by molar-refractivity contribution is 6.32. The number of benzene rings is 1. The Kier molecular flexibility index (Phi) is 7.30. The molecule has 0 saturated heterocycles. The molecule has 0 heterocycles. The minimum atomic E-state index is -0.446. The van der Waals surface area contributed by atoms with Crippen LogP contribution >= 0.6 is 11.6 Å². The van der Waals surface area contributed by atoms with Crippen molar-refractivity contribution in [1.82, 2.24) is 5.32 Å². The van der Waals surface area contributed by atoms with Crippen LogP contribution in [0.2, 0.25) is 5.02 Å². The van der Waals surface area contributed by atoms with Crippen LogP contribution in [-0.4, -0.2) is 30.8 Å². The van der Waals surface area contributed by atoms with Gasteiger partial charge >= 0.3 is 0 Å². The molecule has 0 fully saturated rings. The van der Waals surface area contributed by atoms with Crippen LogP contribution in [0, 0.1) is 11.3 Å². The second kappa shape index (κ2) is 9.01. The molecule has 0 atom stereocenters. The molecular weight excluding hydrogens is 292 g/mol. The number of carbonyl (C=O) groups excluding carboxylic acids is 1. The van der Waals surface area contributed by atoms with Gasteiger partial charge < -0.3 is 15.2 Å². The van der Waals surface area contributed by atoms with Crippen molar-refractivity contribution in [2.24, 2.45) is 0 Å². The monoisotopic (exact) mass is 308 g/mol. The van der Waals surface area contributed by atoms with Gasteiger partial charge in [0.25, 0.3) is 5.91 Å². The molecule has 112 valence electrons. The van der Waals surface area contributed by atoms with Gasteiger partial charge in [-0.2, -0.15) is 5.26 Å². The summed E-state index contributed by atoms with van der Waals surface area (Å²) in [6.07, 6.45) is 2.10. The second-order valence-electron chi connectivity index (χ2n) is 4.19. The zero-order valence-electron chi connectivity index (χ0n) is 11.7. The maximum Gasteiger partial charge on any atom is 0.261 e. The molecule has 0 radical (unpaired) electrons. The number of aromatic hydroxyl groups is 1. The molecule has 0 saturated carbocycles. The molecule has 0 aliphatic carbocycles. The summed E-state index contributed by atoms with van der Waals surface area (Å²) in [6.45, 7) is 3.54. The summed E-state index contributed by atoms with van der Waals surface area (Å²) >= 11 is 5.78. The lowest BCUT2D eigenvalue weighted by atomic mass is 10.1. The number of nitrogens with zero attached hydrogens (tertiary/aromatic N) is 1. The lowest BCUT2D eigenvalue weighted by Crippen LogP contribution is -2.26. The first-order valence-corrected chi connectivity index (χ1v) is 6.92. The molecule has 5 nitrogen and oxygen atoms in total. The number of phenols is 1. The van der Waals surface area contributed by atoms with E-state index in [0.717, 1.165) is 0 Å². The Hall–Kier alpha value is -2.03. The first kappa shape index (κ1) is 17.0. The average molecular weight is 309 g/mol. The number of hydrogen-bond donors (Lipinski definition) is 2. The number of phenolic OH excluding ortho intramolecular Hbond substituents is 1. The molecular formula is C15H17ClN2O3. The molecule has 0 aliphatic rings. The summed E-state index contributed by atoms with van der Waals surface area (Å²) in [5.74, 6) is -0.495. The van der Waals surface area contributed by atoms with Crippen molar-refractivity contribution in [1.29, 1.82) is 5.26 Å². The zero-order chi connectivity index (χ0) is 15.7. The third kappa shape index (κ3) is 5.86. The molecule has 1 aromatic rings. The zero-order valence-corrected chi connectivity index (χ0v) is 12.5. The third-order valence-electron chi connectivity index (χ3n) is 2.60. The Balaban J connectivity index is 2.64. The number of halogens is 1. The van der Waals surface area contributed by atoms with Gasteiger partial charge in [0.15, 0.2) is 0 Å². The predicted molar refractivity (Wildman–Crippen MR) is 80.8 cm³/mol. The smallest absolute Gasteiger partial charge is 0.261 e. The first-order valence-electron chi connectivity index (χ1n) is 6.54. The molecule has 1 aromatic carbocycles. The number of nitrogens with one attached hydrogen (secondary N) is 1. The molecule has 6 heteroatoms. The Morgan fingerprint density at radius 2 is 2.33 bits per heavy atom. The number of nitriles is 1. The van der Waals surface area contributed by atoms with Gasteiger partial charge in [-0.3, -0.25) is 4.79 Å². The fourth-order valence-corrected chi connectivity index (χ4v) is 1.73. The van der Waals surface area contributed by atoms with Gasteiger partial charge in [0.2, 0.25) is 0 Å². The number of carbonyl (C=O) groups is 1. The number of rotatable bonds is 7. The van der Waals surface area contributed by atoms with E-state index in [1.165, 1.54) is 18.2 Å². The number of ether oxygens (including phenoxy) is 1. The van der Waals surface area contributed by atoms with E-state index in [-0.39, 0.29) is 16.3 Å². The number of amides is 1. The van der Waals surface area contributed by atoms with Crippen molar-refractivity contribution in [3.63, 3.8) is 0 Å². The van der Waals surface area contributed by atoms with Gasteiger partial charge in [0, 0.05) is 19.8 Å². The molecule has 0 spiro atoms. The van der Waals surface area contributed by atoms with E-state index >= 15 is 0 Å². The molecule has 0 unspecified atom stereocenters. The summed E-state index contributed by atoms with van der Waals surface area (Å²) in [4.78, 5) is 11.8. The summed E-state index contributed by atoms with van der Waals surface area (Å²) < 4.78 is 5.15. The second-order valence-corrected chi connectivity index (χ2v) is 4.59. The van der Waals surface area contributed by atoms with Crippen molar-refractivity contribution in [3.05, 3.63) is 34.4 Å². The van der Waals surface area contributed by atoms with Gasteiger partial charge in [0.05, 0.1) is 5.02 Å². The van der Waals surface area contributed by atoms with Crippen LogP contribution in [0.4, 0.5) is 0 Å². The lowest BCUT2D eigenvalue weighted by Gasteiger charge is -2.05. The third-order valence-corrected chi connectivity index (χ3v) is 2.91. The van der Waals surface area contributed by atoms with Gasteiger partial charge in [-0.15, -0.1) is 0 Å². The molecule has 2 N–H and O–H groups in total. The maximum absolute atomic E-state index is 11.8. The van der Waals surface area contributed by atoms with E-state index in [9.17, 15) is 9.90 Å². The average Bonchev–Trinajstić information content (AvgIpc) is 2.48. The molecule has 0 aromatic heterocycles. The van der Waals surface area contributed by atoms with E-state index in [4.69, 9.17) is 21.6 Å². The summed E-state index contributed by atoms with van der Waals surface area (Å²) in [5.41, 5.74) is 0.548. The van der Waals surface area contributed by atoms with Gasteiger partial charge in [-0.05, 0) is 37.1 Å². The highest BCUT2D eigenvalue weighted by Gasteiger charge is 2.08. The topological polar surface area (TPSA) is 82.3 Å². The van der Waals surface area contributed by atoms with E-state index in [0.29, 0.717) is 31.7 Å². The van der Waals surface area contributed by atoms with Crippen LogP contribution in [0.1, 0.15) is 18.9 Å². The van der Waals surface area contributed by atoms with Crippen molar-refractivity contribution >= 4 is 23.6 Å². The molecule has 0 bridgehead atoms. The van der Waals surface area contributed by atoms with E-state index in [2.05, 4.69) is 5.32 Å². The first-order chi connectivity index (χ1) is 10.1.